The summed E-state index contributed by atoms with van der Waals surface area (Å²) in [6.45, 7) is 11.5. The van der Waals surface area contributed by atoms with E-state index < -0.39 is 23.5 Å². The minimum atomic E-state index is -4.44. The number of aromatic nitrogens is 6. The second-order valence-corrected chi connectivity index (χ2v) is 14.0. The molecule has 2 aromatic heterocycles. The van der Waals surface area contributed by atoms with Gasteiger partial charge < -0.3 is 12.6 Å². The number of rotatable bonds is 6. The van der Waals surface area contributed by atoms with Crippen LogP contribution in [0.15, 0.2) is 89.8 Å². The number of alkyl halides is 6. The molecule has 0 saturated carbocycles. The topological polar surface area (TPSA) is 61.4 Å². The van der Waals surface area contributed by atoms with Crippen molar-refractivity contribution in [1.29, 1.82) is 0 Å². The fourth-order valence-electron chi connectivity index (χ4n) is 5.06. The molecular formula is C38H36ClF6N6NaS2. The van der Waals surface area contributed by atoms with Gasteiger partial charge in [0.2, 0.25) is 0 Å². The minimum Gasteiger partial charge on any atom is -0.793 e. The van der Waals surface area contributed by atoms with Gasteiger partial charge in [-0.3, -0.25) is 0 Å². The first-order chi connectivity index (χ1) is 25.0. The summed E-state index contributed by atoms with van der Waals surface area (Å²) in [5, 5.41) is 16.6. The van der Waals surface area contributed by atoms with E-state index in [2.05, 4.69) is 33.3 Å². The van der Waals surface area contributed by atoms with Gasteiger partial charge in [-0.2, -0.15) is 32.1 Å². The molecule has 0 fully saturated rings. The molecule has 280 valence electrons. The Hall–Kier alpha value is -3.27. The normalized spacial score (nSPS) is 11.2. The quantitative estimate of drug-likeness (QED) is 0.0729. The molecule has 0 N–H and O–H groups in total. The molecule has 54 heavy (non-hydrogen) atoms. The number of hydrogen-bond donors (Lipinski definition) is 0. The van der Waals surface area contributed by atoms with Crippen LogP contribution >= 0.6 is 23.4 Å². The Morgan fingerprint density at radius 3 is 1.41 bits per heavy atom. The van der Waals surface area contributed by atoms with E-state index in [0.717, 1.165) is 57.6 Å². The first-order valence-electron chi connectivity index (χ1n) is 16.3. The summed E-state index contributed by atoms with van der Waals surface area (Å²) >= 11 is 11.8. The van der Waals surface area contributed by atoms with Crippen LogP contribution in [0.25, 0.3) is 33.9 Å². The summed E-state index contributed by atoms with van der Waals surface area (Å²) in [4.78, 5) is 0.533. The van der Waals surface area contributed by atoms with E-state index in [1.54, 1.807) is 11.6 Å². The van der Waals surface area contributed by atoms with E-state index in [0.29, 0.717) is 33.4 Å². The van der Waals surface area contributed by atoms with Crippen LogP contribution in [0.3, 0.4) is 0 Å². The van der Waals surface area contributed by atoms with Crippen LogP contribution in [0.4, 0.5) is 26.3 Å². The first-order valence-corrected chi connectivity index (χ1v) is 18.2. The van der Waals surface area contributed by atoms with Gasteiger partial charge in [-0.15, -0.1) is 22.0 Å². The van der Waals surface area contributed by atoms with Crippen LogP contribution in [0.5, 0.6) is 0 Å². The van der Waals surface area contributed by atoms with Gasteiger partial charge in [0.05, 0.1) is 38.9 Å². The number of halogens is 7. The molecule has 0 saturated heterocycles. The van der Waals surface area contributed by atoms with Crippen LogP contribution in [-0.2, 0) is 25.0 Å². The maximum absolute atomic E-state index is 13.0. The molecule has 0 aliphatic heterocycles. The van der Waals surface area contributed by atoms with E-state index >= 15 is 0 Å². The number of nitrogens with zero attached hydrogens (tertiary/aromatic N) is 6. The van der Waals surface area contributed by atoms with Gasteiger partial charge in [0.15, 0.2) is 0 Å². The number of benzene rings is 4. The number of thioether (sulfide) groups is 1. The van der Waals surface area contributed by atoms with Crippen LogP contribution < -0.4 is 29.6 Å². The molecule has 0 amide bonds. The summed E-state index contributed by atoms with van der Waals surface area (Å²) in [5.41, 5.74) is 6.43. The molecule has 0 aliphatic rings. The Morgan fingerprint density at radius 2 is 1.02 bits per heavy atom. The van der Waals surface area contributed by atoms with Crippen molar-refractivity contribution in [1.82, 2.24) is 30.0 Å². The Balaban J connectivity index is 0.000000267. The zero-order valence-electron chi connectivity index (χ0n) is 30.6. The van der Waals surface area contributed by atoms with E-state index in [-0.39, 0.29) is 34.6 Å². The molecular weight excluding hydrogens is 777 g/mol. The van der Waals surface area contributed by atoms with Crippen molar-refractivity contribution < 1.29 is 55.9 Å². The fourth-order valence-corrected chi connectivity index (χ4v) is 6.15. The molecule has 4 aromatic carbocycles. The fraction of sp³-hybridized carbons (Fsp3) is 0.263. The van der Waals surface area contributed by atoms with Gasteiger partial charge in [0.25, 0.3) is 0 Å². The van der Waals surface area contributed by atoms with E-state index in [4.69, 9.17) is 11.6 Å². The molecule has 16 heteroatoms. The average molecular weight is 813 g/mol. The van der Waals surface area contributed by atoms with Crippen LogP contribution in [0.2, 0.25) is 5.02 Å². The first kappa shape index (κ1) is 45.1. The molecule has 6 nitrogen and oxygen atoms in total. The standard InChI is InChI=1S/C19H18F3N3S.C17H13ClF3N3.C2H6S.Na/c1-4-26-17-11-15(19(20,21)22)9-10-16(17)25-13(3)18(23-24-25)14-7-5-12(2)6-8-14;1-10-3-5-12(6-4-10)16-11(2)24(23-22-16)15-8-7-13(9-14(15)18)17(19,20)21;1-2-3;/h5-11H,4H2,1-3H3;3-9H,1-2H3;3H,2H2,1H3;/q;;;+1/p-1. The van der Waals surface area contributed by atoms with Gasteiger partial charge in [0.1, 0.15) is 11.4 Å². The minimum absolute atomic E-state index is 0. The second kappa shape index (κ2) is 19.5. The predicted octanol–water partition coefficient (Wildman–Crippen LogP) is 8.46. The third kappa shape index (κ3) is 11.2. The monoisotopic (exact) mass is 812 g/mol. The summed E-state index contributed by atoms with van der Waals surface area (Å²) in [5.74, 6) is 1.49. The predicted molar refractivity (Wildman–Crippen MR) is 202 cm³/mol. The van der Waals surface area contributed by atoms with Crippen molar-refractivity contribution in [2.45, 2.75) is 58.8 Å². The Morgan fingerprint density at radius 1 is 0.630 bits per heavy atom. The molecule has 0 unspecified atom stereocenters. The largest absolute Gasteiger partial charge is 1.00 e. The summed E-state index contributed by atoms with van der Waals surface area (Å²) < 4.78 is 80.4. The van der Waals surface area contributed by atoms with Crippen LogP contribution in [0, 0.1) is 27.7 Å². The molecule has 6 rings (SSSR count). The van der Waals surface area contributed by atoms with Crippen molar-refractivity contribution >= 4 is 36.0 Å². The van der Waals surface area contributed by atoms with Gasteiger partial charge in [0, 0.05) is 16.0 Å². The van der Waals surface area contributed by atoms with Crippen molar-refractivity contribution in [3.05, 3.63) is 124 Å². The molecule has 0 aliphatic carbocycles. The van der Waals surface area contributed by atoms with Crippen molar-refractivity contribution in [2.24, 2.45) is 0 Å². The molecule has 6 aromatic rings. The molecule has 0 atom stereocenters. The van der Waals surface area contributed by atoms with Crippen LogP contribution in [0.1, 0.15) is 47.5 Å². The van der Waals surface area contributed by atoms with Crippen LogP contribution in [-0.4, -0.2) is 41.5 Å². The Kier molecular flexibility index (Phi) is 16.3. The van der Waals surface area contributed by atoms with Crippen molar-refractivity contribution in [3.8, 4) is 33.9 Å². The zero-order valence-corrected chi connectivity index (χ0v) is 35.0. The van der Waals surface area contributed by atoms with E-state index in [9.17, 15) is 26.3 Å². The number of hydrogen-bond acceptors (Lipinski definition) is 6. The smallest absolute Gasteiger partial charge is 0.793 e. The zero-order chi connectivity index (χ0) is 39.1. The molecule has 0 bridgehead atoms. The van der Waals surface area contributed by atoms with E-state index in [1.165, 1.54) is 34.6 Å². The average Bonchev–Trinajstić information content (AvgIpc) is 3.67. The number of aryl methyl sites for hydroxylation is 2. The second-order valence-electron chi connectivity index (χ2n) is 11.7. The van der Waals surface area contributed by atoms with E-state index in [1.807, 2.05) is 83.1 Å². The van der Waals surface area contributed by atoms with Gasteiger partial charge >= 0.3 is 41.9 Å². The van der Waals surface area contributed by atoms with Gasteiger partial charge in [-0.05, 0) is 69.8 Å². The third-order valence-electron chi connectivity index (χ3n) is 7.76. The molecule has 2 heterocycles. The molecule has 0 radical (unpaired) electrons. The van der Waals surface area contributed by atoms with Gasteiger partial charge in [-0.1, -0.05) is 95.5 Å². The molecule has 0 spiro atoms. The maximum Gasteiger partial charge on any atom is 1.00 e. The summed E-state index contributed by atoms with van der Waals surface area (Å²) in [6.07, 6.45) is -8.81. The Bertz CT molecular complexity index is 2130. The third-order valence-corrected chi connectivity index (χ3v) is 8.99. The van der Waals surface area contributed by atoms with Crippen molar-refractivity contribution in [3.63, 3.8) is 0 Å². The SMILES string of the molecule is CCSc1cc(C(F)(F)F)ccc1-n1nnc(-c2ccc(C)cc2)c1C.CC[S-].Cc1ccc(-c2nnn(-c3ccc(C(F)(F)F)cc3Cl)c2C)cc1.[Na+]. The van der Waals surface area contributed by atoms with Crippen molar-refractivity contribution in [2.75, 3.05) is 11.5 Å². The van der Waals surface area contributed by atoms with Gasteiger partial charge in [-0.25, -0.2) is 9.36 Å². The maximum atomic E-state index is 13.0. The summed E-state index contributed by atoms with van der Waals surface area (Å²) in [6, 6.07) is 22.6. The Labute approximate surface area is 347 Å². The summed E-state index contributed by atoms with van der Waals surface area (Å²) in [7, 11) is 0.